The van der Waals surface area contributed by atoms with E-state index >= 15 is 0 Å². The zero-order valence-electron chi connectivity index (χ0n) is 6.98. The summed E-state index contributed by atoms with van der Waals surface area (Å²) in [6.45, 7) is 0.306. The Hall–Kier alpha value is -1.22. The summed E-state index contributed by atoms with van der Waals surface area (Å²) in [7, 11) is 0. The molecule has 0 spiro atoms. The molecule has 0 aliphatic rings. The molecule has 0 aliphatic heterocycles. The molecule has 1 amide bonds. The fourth-order valence-corrected chi connectivity index (χ4v) is 1.20. The quantitative estimate of drug-likeness (QED) is 0.760. The Labute approximate surface area is 81.5 Å². The van der Waals surface area contributed by atoms with Crippen molar-refractivity contribution in [3.05, 3.63) is 30.3 Å². The number of amides is 1. The van der Waals surface area contributed by atoms with Gasteiger partial charge >= 0.3 is 6.09 Å². The van der Waals surface area contributed by atoms with Gasteiger partial charge in [-0.25, -0.2) is 4.79 Å². The molecule has 1 N–H and O–H groups in total. The van der Waals surface area contributed by atoms with Crippen molar-refractivity contribution in [2.75, 3.05) is 17.3 Å². The van der Waals surface area contributed by atoms with E-state index < -0.39 is 6.09 Å². The number of hydrogen-bond donors (Lipinski definition) is 1. The zero-order valence-corrected chi connectivity index (χ0v) is 7.74. The number of hydrogen-bond acceptors (Lipinski definition) is 1. The van der Waals surface area contributed by atoms with Crippen LogP contribution in [0, 0.1) is 0 Å². The van der Waals surface area contributed by atoms with Crippen LogP contribution in [0.4, 0.5) is 10.5 Å². The van der Waals surface area contributed by atoms with Gasteiger partial charge in [-0.1, -0.05) is 18.2 Å². The molecule has 1 aromatic carbocycles. The third-order valence-corrected chi connectivity index (χ3v) is 1.78. The Morgan fingerprint density at radius 3 is 2.46 bits per heavy atom. The minimum atomic E-state index is -0.980. The highest BCUT2D eigenvalue weighted by Crippen LogP contribution is 2.12. The predicted molar refractivity (Wildman–Crippen MR) is 52.5 cm³/mol. The van der Waals surface area contributed by atoms with Gasteiger partial charge in [-0.3, -0.25) is 4.90 Å². The molecule has 0 atom stereocenters. The van der Waals surface area contributed by atoms with Crippen LogP contribution in [-0.4, -0.2) is 23.6 Å². The molecule has 1 rings (SSSR count). The summed E-state index contributed by atoms with van der Waals surface area (Å²) in [4.78, 5) is 12.0. The normalized spacial score (nSPS) is 9.62. The summed E-state index contributed by atoms with van der Waals surface area (Å²) in [5.41, 5.74) is 0.649. The first kappa shape index (κ1) is 9.86. The van der Waals surface area contributed by atoms with E-state index in [0.29, 0.717) is 18.1 Å². The number of nitrogens with zero attached hydrogens (tertiary/aromatic N) is 1. The van der Waals surface area contributed by atoms with Gasteiger partial charge in [0.2, 0.25) is 0 Å². The van der Waals surface area contributed by atoms with E-state index in [9.17, 15) is 4.79 Å². The Morgan fingerprint density at radius 1 is 1.38 bits per heavy atom. The van der Waals surface area contributed by atoms with E-state index in [0.717, 1.165) is 0 Å². The molecule has 0 saturated heterocycles. The van der Waals surface area contributed by atoms with Crippen LogP contribution in [0.15, 0.2) is 30.3 Å². The second kappa shape index (κ2) is 4.72. The third kappa shape index (κ3) is 2.63. The smallest absolute Gasteiger partial charge is 0.411 e. The zero-order chi connectivity index (χ0) is 9.68. The van der Waals surface area contributed by atoms with E-state index in [-0.39, 0.29) is 0 Å². The van der Waals surface area contributed by atoms with Crippen LogP contribution in [0.2, 0.25) is 0 Å². The molecule has 1 aromatic rings. The van der Waals surface area contributed by atoms with Gasteiger partial charge < -0.3 is 5.11 Å². The number of benzene rings is 1. The van der Waals surface area contributed by atoms with Gasteiger partial charge in [0.15, 0.2) is 0 Å². The van der Waals surface area contributed by atoms with E-state index in [1.54, 1.807) is 24.3 Å². The summed E-state index contributed by atoms with van der Waals surface area (Å²) < 4.78 is 0. The summed E-state index contributed by atoms with van der Waals surface area (Å²) >= 11 is 5.49. The lowest BCUT2D eigenvalue weighted by Gasteiger charge is -2.17. The van der Waals surface area contributed by atoms with Crippen molar-refractivity contribution in [1.82, 2.24) is 0 Å². The number of carboxylic acid groups (broad SMARTS) is 1. The fourth-order valence-electron chi connectivity index (χ4n) is 1.03. The molecule has 70 valence electrons. The molecular weight excluding hydrogens is 190 g/mol. The van der Waals surface area contributed by atoms with Crippen LogP contribution in [0.5, 0.6) is 0 Å². The molecule has 4 heteroatoms. The minimum Gasteiger partial charge on any atom is -0.465 e. The van der Waals surface area contributed by atoms with Gasteiger partial charge in [0.05, 0.1) is 0 Å². The first-order valence-electron chi connectivity index (χ1n) is 3.87. The topological polar surface area (TPSA) is 40.5 Å². The number of halogens is 1. The lowest BCUT2D eigenvalue weighted by Crippen LogP contribution is -2.30. The fraction of sp³-hybridized carbons (Fsp3) is 0.222. The number of anilines is 1. The SMILES string of the molecule is O=C(O)N(CCCl)c1ccccc1. The van der Waals surface area contributed by atoms with Crippen LogP contribution in [-0.2, 0) is 0 Å². The van der Waals surface area contributed by atoms with Crippen molar-refractivity contribution in [3.63, 3.8) is 0 Å². The lowest BCUT2D eigenvalue weighted by atomic mass is 10.3. The molecule has 0 aromatic heterocycles. The molecule has 0 saturated carbocycles. The molecule has 0 unspecified atom stereocenters. The van der Waals surface area contributed by atoms with Crippen LogP contribution in [0.25, 0.3) is 0 Å². The Morgan fingerprint density at radius 2 is 2.00 bits per heavy atom. The van der Waals surface area contributed by atoms with Crippen LogP contribution < -0.4 is 4.90 Å². The highest BCUT2D eigenvalue weighted by molar-refractivity contribution is 6.18. The van der Waals surface area contributed by atoms with Crippen LogP contribution in [0.1, 0.15) is 0 Å². The standard InChI is InChI=1S/C9H10ClNO2/c10-6-7-11(9(12)13)8-4-2-1-3-5-8/h1-5H,6-7H2,(H,12,13). The maximum atomic E-state index is 10.8. The average molecular weight is 200 g/mol. The van der Waals surface area contributed by atoms with Crippen molar-refractivity contribution in [2.45, 2.75) is 0 Å². The monoisotopic (exact) mass is 199 g/mol. The van der Waals surface area contributed by atoms with Crippen molar-refractivity contribution in [2.24, 2.45) is 0 Å². The van der Waals surface area contributed by atoms with Crippen molar-refractivity contribution >= 4 is 23.4 Å². The Kier molecular flexibility index (Phi) is 3.58. The summed E-state index contributed by atoms with van der Waals surface area (Å²) in [6.07, 6.45) is -0.980. The van der Waals surface area contributed by atoms with Gasteiger partial charge in [-0.05, 0) is 12.1 Å². The lowest BCUT2D eigenvalue weighted by molar-refractivity contribution is 0.202. The number of rotatable bonds is 3. The van der Waals surface area contributed by atoms with E-state index in [2.05, 4.69) is 0 Å². The van der Waals surface area contributed by atoms with E-state index in [1.807, 2.05) is 6.07 Å². The minimum absolute atomic E-state index is 0.293. The third-order valence-electron chi connectivity index (χ3n) is 1.61. The number of para-hydroxylation sites is 1. The predicted octanol–water partition coefficient (Wildman–Crippen LogP) is 2.41. The highest BCUT2D eigenvalue weighted by atomic mass is 35.5. The molecule has 0 bridgehead atoms. The first-order chi connectivity index (χ1) is 6.25. The molecule has 0 aliphatic carbocycles. The number of alkyl halides is 1. The van der Waals surface area contributed by atoms with Gasteiger partial charge in [-0.2, -0.15) is 0 Å². The molecule has 3 nitrogen and oxygen atoms in total. The second-order valence-electron chi connectivity index (χ2n) is 2.46. The van der Waals surface area contributed by atoms with Crippen molar-refractivity contribution in [3.8, 4) is 0 Å². The molecule has 0 fully saturated rings. The van der Waals surface area contributed by atoms with E-state index in [1.165, 1.54) is 4.90 Å². The summed E-state index contributed by atoms with van der Waals surface area (Å²) in [5.74, 6) is 0.293. The van der Waals surface area contributed by atoms with Crippen molar-refractivity contribution in [1.29, 1.82) is 0 Å². The summed E-state index contributed by atoms with van der Waals surface area (Å²) in [5, 5.41) is 8.83. The maximum absolute atomic E-state index is 10.8. The van der Waals surface area contributed by atoms with Gasteiger partial charge in [0, 0.05) is 18.1 Å². The van der Waals surface area contributed by atoms with E-state index in [4.69, 9.17) is 16.7 Å². The molecular formula is C9H10ClNO2. The number of carbonyl (C=O) groups is 1. The summed E-state index contributed by atoms with van der Waals surface area (Å²) in [6, 6.07) is 8.89. The van der Waals surface area contributed by atoms with Gasteiger partial charge in [-0.15, -0.1) is 11.6 Å². The Balaban J connectivity index is 2.82. The van der Waals surface area contributed by atoms with Crippen LogP contribution in [0.3, 0.4) is 0 Å². The second-order valence-corrected chi connectivity index (χ2v) is 2.84. The molecule has 0 radical (unpaired) electrons. The first-order valence-corrected chi connectivity index (χ1v) is 4.40. The molecule has 13 heavy (non-hydrogen) atoms. The van der Waals surface area contributed by atoms with Crippen molar-refractivity contribution < 1.29 is 9.90 Å². The molecule has 0 heterocycles. The highest BCUT2D eigenvalue weighted by Gasteiger charge is 2.11. The largest absolute Gasteiger partial charge is 0.465 e. The Bertz CT molecular complexity index is 276. The average Bonchev–Trinajstić information content (AvgIpc) is 2.15. The maximum Gasteiger partial charge on any atom is 0.411 e. The van der Waals surface area contributed by atoms with Gasteiger partial charge in [0.25, 0.3) is 0 Å². The van der Waals surface area contributed by atoms with Crippen LogP contribution >= 0.6 is 11.6 Å². The van der Waals surface area contributed by atoms with Gasteiger partial charge in [0.1, 0.15) is 0 Å².